The van der Waals surface area contributed by atoms with E-state index in [2.05, 4.69) is 92.8 Å². The van der Waals surface area contributed by atoms with Crippen molar-refractivity contribution >= 4 is 28.7 Å². The van der Waals surface area contributed by atoms with Crippen molar-refractivity contribution in [3.8, 4) is 33.6 Å². The molecule has 2 heterocycles. The van der Waals surface area contributed by atoms with Crippen LogP contribution in [0.15, 0.2) is 103 Å². The van der Waals surface area contributed by atoms with Gasteiger partial charge >= 0.3 is 6.09 Å². The lowest BCUT2D eigenvalue weighted by Crippen LogP contribution is -2.43. The molecular weight excluding hydrogens is 715 g/mol. The van der Waals surface area contributed by atoms with E-state index in [0.29, 0.717) is 30.9 Å². The van der Waals surface area contributed by atoms with E-state index in [9.17, 15) is 14.4 Å². The van der Waals surface area contributed by atoms with Gasteiger partial charge in [0, 0.05) is 25.1 Å². The molecule has 1 aliphatic rings. The predicted molar refractivity (Wildman–Crippen MR) is 223 cm³/mol. The van der Waals surface area contributed by atoms with E-state index in [0.717, 1.165) is 69.6 Å². The van der Waals surface area contributed by atoms with E-state index >= 15 is 0 Å². The quantitative estimate of drug-likeness (QED) is 0.0900. The largest absolute Gasteiger partial charge is 0.453 e. The molecule has 4 aromatic carbocycles. The summed E-state index contributed by atoms with van der Waals surface area (Å²) >= 11 is 0. The zero-order chi connectivity index (χ0) is 39.9. The fourth-order valence-electron chi connectivity index (χ4n) is 7.24. The van der Waals surface area contributed by atoms with Crippen LogP contribution in [0.3, 0.4) is 0 Å². The molecule has 3 N–H and O–H groups in total. The molecule has 3 amide bonds. The maximum atomic E-state index is 13.8. The number of aromatic nitrogens is 4. The average Bonchev–Trinajstić information content (AvgIpc) is 3.54. The minimum atomic E-state index is -0.890. The molecule has 0 bridgehead atoms. The Morgan fingerprint density at radius 2 is 1.33 bits per heavy atom. The van der Waals surface area contributed by atoms with Crippen LogP contribution in [-0.2, 0) is 27.4 Å². The van der Waals surface area contributed by atoms with Gasteiger partial charge < -0.3 is 29.8 Å². The Bertz CT molecular complexity index is 2330. The summed E-state index contributed by atoms with van der Waals surface area (Å²) in [5, 5.41) is 4.91. The van der Waals surface area contributed by atoms with Gasteiger partial charge in [-0.1, -0.05) is 99.6 Å². The molecule has 1 aliphatic carbocycles. The van der Waals surface area contributed by atoms with E-state index < -0.39 is 12.1 Å². The monoisotopic (exact) mass is 765 g/mol. The zero-order valence-corrected chi connectivity index (χ0v) is 33.2. The maximum Gasteiger partial charge on any atom is 0.407 e. The van der Waals surface area contributed by atoms with Crippen LogP contribution in [-0.4, -0.2) is 67.8 Å². The van der Waals surface area contributed by atoms with Crippen LogP contribution in [0, 0.1) is 5.41 Å². The van der Waals surface area contributed by atoms with Crippen LogP contribution in [0.25, 0.3) is 44.4 Å². The molecule has 57 heavy (non-hydrogen) atoms. The summed E-state index contributed by atoms with van der Waals surface area (Å²) in [6.07, 6.45) is 7.46. The number of carbonyl (C=O) groups is 3. The van der Waals surface area contributed by atoms with Crippen molar-refractivity contribution in [3.63, 3.8) is 0 Å². The Morgan fingerprint density at radius 3 is 1.95 bits per heavy atom. The molecule has 294 valence electrons. The molecule has 0 saturated heterocycles. The van der Waals surface area contributed by atoms with Crippen molar-refractivity contribution in [1.82, 2.24) is 35.1 Å². The fraction of sp³-hybridized carbons (Fsp3) is 0.326. The Hall–Kier alpha value is -6.23. The highest BCUT2D eigenvalue weighted by atomic mass is 16.5. The average molecular weight is 766 g/mol. The second-order valence-electron chi connectivity index (χ2n) is 15.4. The lowest BCUT2D eigenvalue weighted by atomic mass is 9.98. The zero-order valence-electron chi connectivity index (χ0n) is 33.2. The van der Waals surface area contributed by atoms with Crippen LogP contribution < -0.4 is 5.32 Å². The van der Waals surface area contributed by atoms with Gasteiger partial charge in [-0.3, -0.25) is 9.59 Å². The SMILES string of the molecule is CCCC(=O)N(Cc1ncc(-c2ccc(-c3ccc4cc(-c5cnc(CN(CCC)C(=O)[C@H](NC(=O)OC)c6ccccc6)[nH]5)ccc4c3)cc2)[nH]1)CC1(C)CC1. The van der Waals surface area contributed by atoms with Gasteiger partial charge in [-0.25, -0.2) is 14.8 Å². The molecule has 7 rings (SSSR count). The summed E-state index contributed by atoms with van der Waals surface area (Å²) in [5.41, 5.74) is 6.95. The van der Waals surface area contributed by atoms with Gasteiger partial charge in [-0.2, -0.15) is 0 Å². The van der Waals surface area contributed by atoms with Gasteiger partial charge in [0.05, 0.1) is 44.0 Å². The van der Waals surface area contributed by atoms with Gasteiger partial charge in [0.15, 0.2) is 0 Å². The molecule has 1 atom stereocenters. The predicted octanol–water partition coefficient (Wildman–Crippen LogP) is 9.05. The maximum absolute atomic E-state index is 13.8. The van der Waals surface area contributed by atoms with Crippen molar-refractivity contribution < 1.29 is 19.1 Å². The van der Waals surface area contributed by atoms with Gasteiger partial charge in [0.25, 0.3) is 0 Å². The van der Waals surface area contributed by atoms with E-state index in [1.807, 2.05) is 55.3 Å². The number of amides is 3. The number of H-pyrrole nitrogens is 2. The molecule has 0 unspecified atom stereocenters. The molecule has 11 nitrogen and oxygen atoms in total. The number of methoxy groups -OCH3 is 1. The number of carbonyl (C=O) groups excluding carboxylic acids is 3. The van der Waals surface area contributed by atoms with Crippen LogP contribution >= 0.6 is 0 Å². The standard InChI is InChI=1S/C46H51N7O4/c1-5-10-42(54)53(30-46(3)21-22-46)29-41-47-26-38(49-41)32-15-13-31(14-16-32)34-17-18-36-25-37(20-19-35(36)24-34)39-27-48-40(50-39)28-52(23-6-2)44(55)43(51-45(56)57-4)33-11-8-7-9-12-33/h7-9,11-20,24-27,43H,5-6,10,21-23,28-30H2,1-4H3,(H,47,49)(H,48,50)(H,51,56)/t43-/m1/s1. The molecule has 11 heteroatoms. The van der Waals surface area contributed by atoms with Crippen LogP contribution in [0.5, 0.6) is 0 Å². The number of nitrogens with one attached hydrogen (secondary N) is 3. The fourth-order valence-corrected chi connectivity index (χ4v) is 7.24. The lowest BCUT2D eigenvalue weighted by molar-refractivity contribution is -0.134. The first-order valence-electron chi connectivity index (χ1n) is 19.8. The number of aromatic amines is 2. The molecule has 2 aromatic heterocycles. The molecular formula is C46H51N7O4. The summed E-state index contributed by atoms with van der Waals surface area (Å²) < 4.78 is 4.82. The number of ether oxygens (including phenoxy) is 1. The van der Waals surface area contributed by atoms with E-state index in [4.69, 9.17) is 4.74 Å². The third-order valence-corrected chi connectivity index (χ3v) is 10.7. The van der Waals surface area contributed by atoms with E-state index in [1.165, 1.54) is 20.0 Å². The van der Waals surface area contributed by atoms with Crippen LogP contribution in [0.4, 0.5) is 4.79 Å². The van der Waals surface area contributed by atoms with Gasteiger partial charge in [0.1, 0.15) is 17.7 Å². The molecule has 0 spiro atoms. The molecule has 1 saturated carbocycles. The van der Waals surface area contributed by atoms with E-state index in [1.54, 1.807) is 11.1 Å². The number of alkyl carbamates (subject to hydrolysis) is 1. The first-order chi connectivity index (χ1) is 27.6. The van der Waals surface area contributed by atoms with Crippen molar-refractivity contribution in [3.05, 3.63) is 121 Å². The minimum absolute atomic E-state index is 0.195. The first-order valence-corrected chi connectivity index (χ1v) is 19.8. The second kappa shape index (κ2) is 17.3. The third kappa shape index (κ3) is 9.43. The second-order valence-corrected chi connectivity index (χ2v) is 15.4. The Morgan fingerprint density at radius 1 is 0.754 bits per heavy atom. The number of nitrogens with zero attached hydrogens (tertiary/aromatic N) is 4. The summed E-state index contributed by atoms with van der Waals surface area (Å²) in [4.78, 5) is 58.7. The number of hydrogen-bond acceptors (Lipinski definition) is 6. The van der Waals surface area contributed by atoms with Gasteiger partial charge in [0.2, 0.25) is 11.8 Å². The third-order valence-electron chi connectivity index (χ3n) is 10.7. The number of benzene rings is 4. The number of hydrogen-bond donors (Lipinski definition) is 3. The summed E-state index contributed by atoms with van der Waals surface area (Å²) in [6.45, 7) is 8.34. The lowest BCUT2D eigenvalue weighted by Gasteiger charge is -2.27. The topological polar surface area (TPSA) is 136 Å². The van der Waals surface area contributed by atoms with Crippen molar-refractivity contribution in [1.29, 1.82) is 0 Å². The van der Waals surface area contributed by atoms with Crippen molar-refractivity contribution in [2.75, 3.05) is 20.2 Å². The Labute approximate surface area is 333 Å². The molecule has 0 radical (unpaired) electrons. The van der Waals surface area contributed by atoms with Crippen LogP contribution in [0.1, 0.15) is 76.1 Å². The molecule has 0 aliphatic heterocycles. The normalized spacial score (nSPS) is 13.5. The summed E-state index contributed by atoms with van der Waals surface area (Å²) in [7, 11) is 1.28. The molecule has 1 fully saturated rings. The van der Waals surface area contributed by atoms with Gasteiger partial charge in [-0.15, -0.1) is 0 Å². The van der Waals surface area contributed by atoms with Crippen LogP contribution in [0.2, 0.25) is 0 Å². The Balaban J connectivity index is 1.02. The molecule has 6 aromatic rings. The first kappa shape index (κ1) is 39.0. The number of fused-ring (bicyclic) bond motifs is 1. The van der Waals surface area contributed by atoms with E-state index in [-0.39, 0.29) is 23.8 Å². The number of rotatable bonds is 16. The van der Waals surface area contributed by atoms with Gasteiger partial charge in [-0.05, 0) is 76.3 Å². The summed E-state index contributed by atoms with van der Waals surface area (Å²) in [5.74, 6) is 1.41. The highest BCUT2D eigenvalue weighted by Gasteiger charge is 2.40. The Kier molecular flexibility index (Phi) is 11.8. The van der Waals surface area contributed by atoms with Crippen molar-refractivity contribution in [2.24, 2.45) is 5.41 Å². The smallest absolute Gasteiger partial charge is 0.407 e. The van der Waals surface area contributed by atoms with Crippen molar-refractivity contribution in [2.45, 2.75) is 72.0 Å². The summed E-state index contributed by atoms with van der Waals surface area (Å²) in [6, 6.07) is 29.5. The number of imidazole rings is 2. The highest BCUT2D eigenvalue weighted by molar-refractivity contribution is 5.91. The minimum Gasteiger partial charge on any atom is -0.453 e. The highest BCUT2D eigenvalue weighted by Crippen LogP contribution is 2.45.